The Balaban J connectivity index is 0.00000242. The molecule has 1 amide bonds. The van der Waals surface area contributed by atoms with Crippen molar-refractivity contribution < 1.29 is 19.5 Å². The molecule has 0 atom stereocenters. The van der Waals surface area contributed by atoms with Crippen LogP contribution >= 0.6 is 12.4 Å². The van der Waals surface area contributed by atoms with Gasteiger partial charge in [0.2, 0.25) is 0 Å². The third kappa shape index (κ3) is 3.51. The first-order valence-electron chi connectivity index (χ1n) is 6.75. The van der Waals surface area contributed by atoms with E-state index in [0.717, 1.165) is 0 Å². The van der Waals surface area contributed by atoms with E-state index in [9.17, 15) is 15.0 Å². The zero-order valence-corrected chi connectivity index (χ0v) is 13.4. The van der Waals surface area contributed by atoms with E-state index in [1.165, 1.54) is 12.1 Å². The van der Waals surface area contributed by atoms with Crippen molar-refractivity contribution in [3.63, 3.8) is 0 Å². The van der Waals surface area contributed by atoms with Crippen LogP contribution in [0.25, 0.3) is 11.3 Å². The molecule has 0 fully saturated rings. The molecule has 2 rings (SSSR count). The molecule has 1 aromatic heterocycles. The molecule has 0 saturated carbocycles. The summed E-state index contributed by atoms with van der Waals surface area (Å²) in [6, 6.07) is 4.36. The van der Waals surface area contributed by atoms with Gasteiger partial charge in [0.05, 0.1) is 5.56 Å². The number of carbonyl (C=O) groups excluding carboxylic acids is 1. The van der Waals surface area contributed by atoms with Crippen molar-refractivity contribution in [1.29, 1.82) is 0 Å². The topological polar surface area (TPSA) is 95.6 Å². The van der Waals surface area contributed by atoms with E-state index in [1.54, 1.807) is 13.0 Å². The summed E-state index contributed by atoms with van der Waals surface area (Å²) >= 11 is 0. The lowest BCUT2D eigenvalue weighted by Crippen LogP contribution is -2.22. The molecule has 1 heterocycles. The van der Waals surface area contributed by atoms with Gasteiger partial charge < -0.3 is 20.1 Å². The van der Waals surface area contributed by atoms with E-state index in [1.807, 2.05) is 13.8 Å². The predicted octanol–water partition coefficient (Wildman–Crippen LogP) is 3.05. The minimum absolute atomic E-state index is 0. The number of halogens is 1. The summed E-state index contributed by atoms with van der Waals surface area (Å²) in [4.78, 5) is 11.7. The standard InChI is InChI=1S/C15H18N2O4.ClH/c1-4-16-15(20)11-6-14(21-17-11)10-5-9(8(2)3)12(18)7-13(10)19;/h5-8,18-19H,4H2,1-3H3,(H,16,20);1H. The molecule has 0 aliphatic heterocycles. The van der Waals surface area contributed by atoms with Crippen LogP contribution in [-0.4, -0.2) is 27.8 Å². The number of phenols is 2. The van der Waals surface area contributed by atoms with Crippen molar-refractivity contribution in [2.24, 2.45) is 0 Å². The van der Waals surface area contributed by atoms with Crippen LogP contribution in [0.1, 0.15) is 42.7 Å². The van der Waals surface area contributed by atoms with E-state index >= 15 is 0 Å². The Morgan fingerprint density at radius 3 is 2.55 bits per heavy atom. The third-order valence-electron chi connectivity index (χ3n) is 3.11. The number of benzene rings is 1. The molecule has 0 unspecified atom stereocenters. The molecular formula is C15H19ClN2O4. The van der Waals surface area contributed by atoms with E-state index in [4.69, 9.17) is 4.52 Å². The van der Waals surface area contributed by atoms with Crippen molar-refractivity contribution in [1.82, 2.24) is 10.5 Å². The van der Waals surface area contributed by atoms with E-state index in [2.05, 4.69) is 10.5 Å². The molecule has 0 bridgehead atoms. The number of phenolic OH excluding ortho intramolecular Hbond substituents is 2. The lowest BCUT2D eigenvalue weighted by molar-refractivity contribution is 0.0947. The van der Waals surface area contributed by atoms with Crippen LogP contribution < -0.4 is 5.32 Å². The first-order chi connectivity index (χ1) is 9.93. The second-order valence-electron chi connectivity index (χ2n) is 5.02. The summed E-state index contributed by atoms with van der Waals surface area (Å²) in [5.41, 5.74) is 1.21. The molecule has 7 heteroatoms. The summed E-state index contributed by atoms with van der Waals surface area (Å²) in [6.45, 7) is 6.15. The lowest BCUT2D eigenvalue weighted by atomic mass is 9.98. The Hall–Kier alpha value is -2.21. The number of rotatable bonds is 4. The average Bonchev–Trinajstić information content (AvgIpc) is 2.88. The van der Waals surface area contributed by atoms with Gasteiger partial charge in [0.1, 0.15) is 11.5 Å². The molecule has 0 aliphatic carbocycles. The Bertz CT molecular complexity index is 668. The van der Waals surface area contributed by atoms with Gasteiger partial charge in [0.25, 0.3) is 5.91 Å². The Kier molecular flexibility index (Phi) is 5.82. The van der Waals surface area contributed by atoms with Crippen molar-refractivity contribution in [3.05, 3.63) is 29.5 Å². The Morgan fingerprint density at radius 2 is 1.95 bits per heavy atom. The van der Waals surface area contributed by atoms with Crippen LogP contribution in [0.4, 0.5) is 0 Å². The number of carbonyl (C=O) groups is 1. The van der Waals surface area contributed by atoms with Crippen molar-refractivity contribution in [3.8, 4) is 22.8 Å². The highest BCUT2D eigenvalue weighted by Gasteiger charge is 2.18. The minimum atomic E-state index is -0.338. The second kappa shape index (κ2) is 7.17. The molecule has 2 aromatic rings. The van der Waals surface area contributed by atoms with Crippen LogP contribution in [0, 0.1) is 0 Å². The van der Waals surface area contributed by atoms with E-state index in [-0.39, 0.29) is 47.2 Å². The molecule has 22 heavy (non-hydrogen) atoms. The van der Waals surface area contributed by atoms with Crippen molar-refractivity contribution in [2.75, 3.05) is 6.54 Å². The Morgan fingerprint density at radius 1 is 1.27 bits per heavy atom. The summed E-state index contributed by atoms with van der Waals surface area (Å²) in [6.07, 6.45) is 0. The molecule has 1 aromatic carbocycles. The van der Waals surface area contributed by atoms with Crippen LogP contribution in [0.15, 0.2) is 22.7 Å². The first kappa shape index (κ1) is 17.8. The Labute approximate surface area is 134 Å². The highest BCUT2D eigenvalue weighted by atomic mass is 35.5. The van der Waals surface area contributed by atoms with Crippen molar-refractivity contribution >= 4 is 18.3 Å². The number of hydrogen-bond donors (Lipinski definition) is 3. The fourth-order valence-corrected chi connectivity index (χ4v) is 2.01. The van der Waals surface area contributed by atoms with E-state index < -0.39 is 0 Å². The average molecular weight is 327 g/mol. The van der Waals surface area contributed by atoms with Crippen LogP contribution in [0.2, 0.25) is 0 Å². The normalized spacial score (nSPS) is 10.4. The molecule has 0 aliphatic rings. The van der Waals surface area contributed by atoms with Gasteiger partial charge in [-0.1, -0.05) is 19.0 Å². The maximum atomic E-state index is 11.7. The fourth-order valence-electron chi connectivity index (χ4n) is 2.01. The van der Waals surface area contributed by atoms with Crippen LogP contribution in [0.5, 0.6) is 11.5 Å². The molecule has 0 spiro atoms. The van der Waals surface area contributed by atoms with Gasteiger partial charge >= 0.3 is 0 Å². The highest BCUT2D eigenvalue weighted by Crippen LogP contribution is 2.37. The summed E-state index contributed by atoms with van der Waals surface area (Å²) in [5, 5.41) is 26.1. The molecule has 3 N–H and O–H groups in total. The monoisotopic (exact) mass is 326 g/mol. The molecular weight excluding hydrogens is 308 g/mol. The molecule has 0 radical (unpaired) electrons. The van der Waals surface area contributed by atoms with Crippen LogP contribution in [0.3, 0.4) is 0 Å². The largest absolute Gasteiger partial charge is 0.508 e. The number of aromatic hydroxyl groups is 2. The quantitative estimate of drug-likeness (QED) is 0.802. The number of nitrogens with one attached hydrogen (secondary N) is 1. The van der Waals surface area contributed by atoms with E-state index in [0.29, 0.717) is 17.7 Å². The van der Waals surface area contributed by atoms with Gasteiger partial charge in [-0.3, -0.25) is 4.79 Å². The van der Waals surface area contributed by atoms with Crippen molar-refractivity contribution in [2.45, 2.75) is 26.7 Å². The first-order valence-corrected chi connectivity index (χ1v) is 6.75. The number of nitrogens with zero attached hydrogens (tertiary/aromatic N) is 1. The molecule has 120 valence electrons. The SMILES string of the molecule is CCNC(=O)c1cc(-c2cc(C(C)C)c(O)cc2O)on1.Cl. The maximum Gasteiger partial charge on any atom is 0.273 e. The second-order valence-corrected chi connectivity index (χ2v) is 5.02. The number of amides is 1. The molecule has 6 nitrogen and oxygen atoms in total. The number of hydrogen-bond acceptors (Lipinski definition) is 5. The summed E-state index contributed by atoms with van der Waals surface area (Å²) in [7, 11) is 0. The third-order valence-corrected chi connectivity index (χ3v) is 3.11. The maximum absolute atomic E-state index is 11.7. The van der Waals surface area contributed by atoms with Crippen LogP contribution in [-0.2, 0) is 0 Å². The van der Waals surface area contributed by atoms with Gasteiger partial charge in [-0.25, -0.2) is 0 Å². The van der Waals surface area contributed by atoms with Gasteiger partial charge in [-0.2, -0.15) is 0 Å². The smallest absolute Gasteiger partial charge is 0.273 e. The van der Waals surface area contributed by atoms with Gasteiger partial charge in [0.15, 0.2) is 11.5 Å². The van der Waals surface area contributed by atoms with Gasteiger partial charge in [0, 0.05) is 18.7 Å². The summed E-state index contributed by atoms with van der Waals surface area (Å²) < 4.78 is 5.12. The summed E-state index contributed by atoms with van der Waals surface area (Å²) in [5.74, 6) is -0.0918. The molecule has 0 saturated heterocycles. The lowest BCUT2D eigenvalue weighted by Gasteiger charge is -2.10. The highest BCUT2D eigenvalue weighted by molar-refractivity contribution is 5.93. The predicted molar refractivity (Wildman–Crippen MR) is 84.6 cm³/mol. The van der Waals surface area contributed by atoms with Gasteiger partial charge in [-0.05, 0) is 24.5 Å². The fraction of sp³-hybridized carbons (Fsp3) is 0.333. The zero-order valence-electron chi connectivity index (χ0n) is 12.6. The number of aromatic nitrogens is 1. The minimum Gasteiger partial charge on any atom is -0.508 e. The van der Waals surface area contributed by atoms with Gasteiger partial charge in [-0.15, -0.1) is 12.4 Å². The zero-order chi connectivity index (χ0) is 15.6.